The van der Waals surface area contributed by atoms with Gasteiger partial charge >= 0.3 is 0 Å². The fourth-order valence-corrected chi connectivity index (χ4v) is 2.57. The Bertz CT molecular complexity index is 563. The predicted octanol–water partition coefficient (Wildman–Crippen LogP) is 3.55. The summed E-state index contributed by atoms with van der Waals surface area (Å²) in [7, 11) is 1.94. The number of aromatic nitrogens is 1. The maximum absolute atomic E-state index is 10.3. The van der Waals surface area contributed by atoms with E-state index in [0.29, 0.717) is 22.2 Å². The highest BCUT2D eigenvalue weighted by Crippen LogP contribution is 2.26. The Morgan fingerprint density at radius 3 is 2.75 bits per heavy atom. The molecule has 0 aliphatic heterocycles. The number of rotatable bonds is 5. The largest absolute Gasteiger partial charge is 0.387 e. The first-order chi connectivity index (χ1) is 9.56. The molecular formula is C15H16Cl2N2O. The first-order valence-electron chi connectivity index (χ1n) is 6.26. The zero-order valence-corrected chi connectivity index (χ0v) is 12.6. The second kappa shape index (κ2) is 7.04. The van der Waals surface area contributed by atoms with Crippen LogP contribution in [0.4, 0.5) is 0 Å². The fraction of sp³-hybridized carbons (Fsp3) is 0.267. The number of aliphatic hydroxyl groups is 1. The molecule has 0 saturated carbocycles. The van der Waals surface area contributed by atoms with E-state index in [9.17, 15) is 5.11 Å². The van der Waals surface area contributed by atoms with Crippen LogP contribution in [0.25, 0.3) is 0 Å². The summed E-state index contributed by atoms with van der Waals surface area (Å²) in [6, 6.07) is 9.03. The third-order valence-electron chi connectivity index (χ3n) is 2.98. The van der Waals surface area contributed by atoms with Gasteiger partial charge in [-0.3, -0.25) is 9.88 Å². The number of hydrogen-bond acceptors (Lipinski definition) is 3. The Kier molecular flexibility index (Phi) is 5.38. The summed E-state index contributed by atoms with van der Waals surface area (Å²) in [6.07, 6.45) is 2.91. The van der Waals surface area contributed by atoms with Gasteiger partial charge in [0.25, 0.3) is 0 Å². The minimum atomic E-state index is -0.651. The second-order valence-corrected chi connectivity index (χ2v) is 5.58. The van der Waals surface area contributed by atoms with Crippen LogP contribution < -0.4 is 0 Å². The Morgan fingerprint density at radius 2 is 2.10 bits per heavy atom. The van der Waals surface area contributed by atoms with Crippen molar-refractivity contribution in [1.82, 2.24) is 9.88 Å². The van der Waals surface area contributed by atoms with Gasteiger partial charge in [-0.25, -0.2) is 0 Å². The Balaban J connectivity index is 1.98. The standard InChI is InChI=1S/C15H16Cl2N2O/c1-19(9-11-3-2-6-18-8-11)10-15(20)13-5-4-12(16)7-14(13)17/h2-8,15,20H,9-10H2,1H3. The molecule has 1 aromatic carbocycles. The summed E-state index contributed by atoms with van der Waals surface area (Å²) in [5.74, 6) is 0. The molecule has 3 nitrogen and oxygen atoms in total. The molecule has 0 saturated heterocycles. The van der Waals surface area contributed by atoms with E-state index in [4.69, 9.17) is 23.2 Å². The molecule has 5 heteroatoms. The lowest BCUT2D eigenvalue weighted by atomic mass is 10.1. The van der Waals surface area contributed by atoms with Crippen LogP contribution in [0.2, 0.25) is 10.0 Å². The molecule has 1 unspecified atom stereocenters. The molecule has 0 spiro atoms. The lowest BCUT2D eigenvalue weighted by Crippen LogP contribution is -2.24. The second-order valence-electron chi connectivity index (χ2n) is 4.74. The zero-order chi connectivity index (χ0) is 14.5. The van der Waals surface area contributed by atoms with E-state index in [1.807, 2.05) is 30.3 Å². The highest BCUT2D eigenvalue weighted by Gasteiger charge is 2.14. The molecule has 106 valence electrons. The van der Waals surface area contributed by atoms with Gasteiger partial charge in [-0.05, 0) is 30.8 Å². The van der Waals surface area contributed by atoms with Crippen molar-refractivity contribution >= 4 is 23.2 Å². The molecule has 1 aromatic heterocycles. The molecule has 0 aliphatic rings. The van der Waals surface area contributed by atoms with Gasteiger partial charge in [0.2, 0.25) is 0 Å². The topological polar surface area (TPSA) is 36.4 Å². The number of likely N-dealkylation sites (N-methyl/N-ethyl adjacent to an activating group) is 1. The normalized spacial score (nSPS) is 12.7. The lowest BCUT2D eigenvalue weighted by molar-refractivity contribution is 0.124. The number of pyridine rings is 1. The molecule has 1 N–H and O–H groups in total. The van der Waals surface area contributed by atoms with Crippen LogP contribution in [0.3, 0.4) is 0 Å². The molecule has 1 heterocycles. The van der Waals surface area contributed by atoms with Gasteiger partial charge in [0, 0.05) is 41.1 Å². The van der Waals surface area contributed by atoms with Crippen LogP contribution in [-0.4, -0.2) is 28.6 Å². The number of halogens is 2. The maximum atomic E-state index is 10.3. The number of benzene rings is 1. The van der Waals surface area contributed by atoms with Crippen molar-refractivity contribution in [2.24, 2.45) is 0 Å². The smallest absolute Gasteiger partial charge is 0.0931 e. The van der Waals surface area contributed by atoms with Gasteiger partial charge in [-0.1, -0.05) is 35.3 Å². The molecular weight excluding hydrogens is 295 g/mol. The zero-order valence-electron chi connectivity index (χ0n) is 11.1. The fourth-order valence-electron chi connectivity index (χ4n) is 2.03. The van der Waals surface area contributed by atoms with Gasteiger partial charge in [-0.15, -0.1) is 0 Å². The van der Waals surface area contributed by atoms with Gasteiger partial charge < -0.3 is 5.11 Å². The molecule has 0 amide bonds. The average Bonchev–Trinajstić information content (AvgIpc) is 2.39. The maximum Gasteiger partial charge on any atom is 0.0931 e. The summed E-state index contributed by atoms with van der Waals surface area (Å²) in [5, 5.41) is 11.3. The minimum absolute atomic E-state index is 0.482. The number of hydrogen-bond donors (Lipinski definition) is 1. The van der Waals surface area contributed by atoms with E-state index in [-0.39, 0.29) is 0 Å². The number of nitrogens with zero attached hydrogens (tertiary/aromatic N) is 2. The molecule has 1 atom stereocenters. The van der Waals surface area contributed by atoms with Crippen LogP contribution in [-0.2, 0) is 6.54 Å². The molecule has 0 radical (unpaired) electrons. The Morgan fingerprint density at radius 1 is 1.30 bits per heavy atom. The van der Waals surface area contributed by atoms with Gasteiger partial charge in [-0.2, -0.15) is 0 Å². The lowest BCUT2D eigenvalue weighted by Gasteiger charge is -2.21. The number of aliphatic hydroxyl groups excluding tert-OH is 1. The van der Waals surface area contributed by atoms with Crippen molar-refractivity contribution < 1.29 is 5.11 Å². The van der Waals surface area contributed by atoms with E-state index >= 15 is 0 Å². The van der Waals surface area contributed by atoms with E-state index in [0.717, 1.165) is 12.1 Å². The summed E-state index contributed by atoms with van der Waals surface area (Å²) < 4.78 is 0. The molecule has 20 heavy (non-hydrogen) atoms. The minimum Gasteiger partial charge on any atom is -0.387 e. The summed E-state index contributed by atoms with van der Waals surface area (Å²) in [6.45, 7) is 1.20. The Labute approximate surface area is 128 Å². The van der Waals surface area contributed by atoms with Gasteiger partial charge in [0.15, 0.2) is 0 Å². The summed E-state index contributed by atoms with van der Waals surface area (Å²) in [4.78, 5) is 6.09. The van der Waals surface area contributed by atoms with Crippen molar-refractivity contribution in [3.8, 4) is 0 Å². The van der Waals surface area contributed by atoms with Crippen molar-refractivity contribution in [2.75, 3.05) is 13.6 Å². The van der Waals surface area contributed by atoms with E-state index in [1.165, 1.54) is 0 Å². The summed E-state index contributed by atoms with van der Waals surface area (Å²) in [5.41, 5.74) is 1.79. The molecule has 2 rings (SSSR count). The first-order valence-corrected chi connectivity index (χ1v) is 7.02. The van der Waals surface area contributed by atoms with E-state index in [1.54, 1.807) is 24.4 Å². The average molecular weight is 311 g/mol. The van der Waals surface area contributed by atoms with Crippen LogP contribution in [0.15, 0.2) is 42.7 Å². The monoisotopic (exact) mass is 310 g/mol. The van der Waals surface area contributed by atoms with Crippen molar-refractivity contribution in [3.05, 3.63) is 63.9 Å². The van der Waals surface area contributed by atoms with Crippen molar-refractivity contribution in [1.29, 1.82) is 0 Å². The first kappa shape index (κ1) is 15.3. The van der Waals surface area contributed by atoms with E-state index in [2.05, 4.69) is 4.98 Å². The van der Waals surface area contributed by atoms with Crippen LogP contribution in [0, 0.1) is 0 Å². The van der Waals surface area contributed by atoms with Crippen molar-refractivity contribution in [3.63, 3.8) is 0 Å². The predicted molar refractivity (Wildman–Crippen MR) is 82.0 cm³/mol. The SMILES string of the molecule is CN(Cc1cccnc1)CC(O)c1ccc(Cl)cc1Cl. The van der Waals surface area contributed by atoms with Crippen LogP contribution in [0.1, 0.15) is 17.2 Å². The Hall–Kier alpha value is -1.13. The highest BCUT2D eigenvalue weighted by atomic mass is 35.5. The van der Waals surface area contributed by atoms with Gasteiger partial charge in [0.1, 0.15) is 0 Å². The van der Waals surface area contributed by atoms with Crippen LogP contribution in [0.5, 0.6) is 0 Å². The third kappa shape index (κ3) is 4.18. The molecule has 0 bridgehead atoms. The summed E-state index contributed by atoms with van der Waals surface area (Å²) >= 11 is 11.9. The van der Waals surface area contributed by atoms with Crippen molar-refractivity contribution in [2.45, 2.75) is 12.6 Å². The highest BCUT2D eigenvalue weighted by molar-refractivity contribution is 6.35. The third-order valence-corrected chi connectivity index (χ3v) is 3.54. The van der Waals surface area contributed by atoms with Gasteiger partial charge in [0.05, 0.1) is 6.10 Å². The van der Waals surface area contributed by atoms with E-state index < -0.39 is 6.10 Å². The quantitative estimate of drug-likeness (QED) is 0.917. The molecule has 2 aromatic rings. The molecule has 0 fully saturated rings. The molecule has 0 aliphatic carbocycles. The van der Waals surface area contributed by atoms with Crippen LogP contribution >= 0.6 is 23.2 Å².